The number of nitrogens with one attached hydrogen (secondary N) is 1. The SMILES string of the molecule is CC[C@H](C(=O)Nc1ccc(C)c(C)c1)N(c1ccc(OC)c(Cl)c1)S(C)(=O)=O. The molecule has 2 aromatic carbocycles. The zero-order valence-corrected chi connectivity index (χ0v) is 18.2. The zero-order valence-electron chi connectivity index (χ0n) is 16.6. The number of aryl methyl sites for hydroxylation is 2. The average Bonchev–Trinajstić information content (AvgIpc) is 2.61. The summed E-state index contributed by atoms with van der Waals surface area (Å²) >= 11 is 6.17. The Hall–Kier alpha value is -2.25. The lowest BCUT2D eigenvalue weighted by molar-refractivity contribution is -0.117. The van der Waals surface area contributed by atoms with Gasteiger partial charge in [0, 0.05) is 5.69 Å². The van der Waals surface area contributed by atoms with Crippen LogP contribution in [0, 0.1) is 13.8 Å². The maximum Gasteiger partial charge on any atom is 0.248 e. The molecule has 152 valence electrons. The fourth-order valence-corrected chi connectivity index (χ4v) is 4.35. The molecule has 0 aromatic heterocycles. The van der Waals surface area contributed by atoms with Crippen LogP contribution in [0.25, 0.3) is 0 Å². The molecule has 6 nitrogen and oxygen atoms in total. The highest BCUT2D eigenvalue weighted by Crippen LogP contribution is 2.32. The molecule has 0 aliphatic carbocycles. The van der Waals surface area contributed by atoms with E-state index in [0.717, 1.165) is 21.7 Å². The minimum atomic E-state index is -3.74. The molecule has 28 heavy (non-hydrogen) atoms. The molecule has 1 amide bonds. The van der Waals surface area contributed by atoms with Crippen LogP contribution in [-0.4, -0.2) is 33.7 Å². The summed E-state index contributed by atoms with van der Waals surface area (Å²) in [5, 5.41) is 3.08. The van der Waals surface area contributed by atoms with E-state index in [9.17, 15) is 13.2 Å². The fourth-order valence-electron chi connectivity index (χ4n) is 2.90. The van der Waals surface area contributed by atoms with Gasteiger partial charge in [0.05, 0.1) is 24.1 Å². The molecule has 0 saturated heterocycles. The van der Waals surface area contributed by atoms with E-state index < -0.39 is 22.0 Å². The van der Waals surface area contributed by atoms with Crippen molar-refractivity contribution >= 4 is 38.9 Å². The summed E-state index contributed by atoms with van der Waals surface area (Å²) in [4.78, 5) is 12.9. The van der Waals surface area contributed by atoms with E-state index in [4.69, 9.17) is 16.3 Å². The van der Waals surface area contributed by atoms with Crippen LogP contribution in [0.5, 0.6) is 5.75 Å². The number of benzene rings is 2. The van der Waals surface area contributed by atoms with Gasteiger partial charge < -0.3 is 10.1 Å². The van der Waals surface area contributed by atoms with Crippen LogP contribution >= 0.6 is 11.6 Å². The molecule has 2 aromatic rings. The predicted molar refractivity (Wildman–Crippen MR) is 114 cm³/mol. The van der Waals surface area contributed by atoms with Gasteiger partial charge in [0.1, 0.15) is 11.8 Å². The number of amides is 1. The van der Waals surface area contributed by atoms with E-state index in [1.807, 2.05) is 26.0 Å². The maximum atomic E-state index is 12.9. The monoisotopic (exact) mass is 424 g/mol. The number of hydrogen-bond acceptors (Lipinski definition) is 4. The van der Waals surface area contributed by atoms with Crippen molar-refractivity contribution in [3.05, 3.63) is 52.5 Å². The van der Waals surface area contributed by atoms with Gasteiger partial charge in [-0.05, 0) is 61.7 Å². The highest BCUT2D eigenvalue weighted by Gasteiger charge is 2.32. The summed E-state index contributed by atoms with van der Waals surface area (Å²) in [6, 6.07) is 9.25. The third-order valence-corrected chi connectivity index (χ3v) is 5.97. The molecule has 0 heterocycles. The van der Waals surface area contributed by atoms with Crippen molar-refractivity contribution in [2.24, 2.45) is 0 Å². The molecule has 0 unspecified atom stereocenters. The van der Waals surface area contributed by atoms with E-state index in [1.165, 1.54) is 13.2 Å². The Labute approximate surface area is 171 Å². The van der Waals surface area contributed by atoms with Crippen LogP contribution in [0.4, 0.5) is 11.4 Å². The van der Waals surface area contributed by atoms with Crippen molar-refractivity contribution in [1.82, 2.24) is 0 Å². The molecule has 1 atom stereocenters. The molecule has 0 saturated carbocycles. The number of carbonyl (C=O) groups is 1. The lowest BCUT2D eigenvalue weighted by atomic mass is 10.1. The number of rotatable bonds is 7. The second-order valence-electron chi connectivity index (χ2n) is 6.59. The summed E-state index contributed by atoms with van der Waals surface area (Å²) in [6.07, 6.45) is 1.35. The number of halogens is 1. The van der Waals surface area contributed by atoms with Crippen LogP contribution in [-0.2, 0) is 14.8 Å². The number of ether oxygens (including phenoxy) is 1. The molecule has 0 radical (unpaired) electrons. The van der Waals surface area contributed by atoms with E-state index in [-0.39, 0.29) is 11.4 Å². The van der Waals surface area contributed by atoms with Crippen molar-refractivity contribution in [1.29, 1.82) is 0 Å². The molecule has 2 rings (SSSR count). The van der Waals surface area contributed by atoms with Crippen LogP contribution < -0.4 is 14.4 Å². The van der Waals surface area contributed by atoms with Crippen molar-refractivity contribution in [3.63, 3.8) is 0 Å². The third-order valence-electron chi connectivity index (χ3n) is 4.49. The number of sulfonamides is 1. The fraction of sp³-hybridized carbons (Fsp3) is 0.350. The van der Waals surface area contributed by atoms with Crippen LogP contribution in [0.3, 0.4) is 0 Å². The highest BCUT2D eigenvalue weighted by atomic mass is 35.5. The molecule has 0 aliphatic rings. The number of hydrogen-bond donors (Lipinski definition) is 1. The first-order valence-corrected chi connectivity index (χ1v) is 11.0. The maximum absolute atomic E-state index is 12.9. The zero-order chi connectivity index (χ0) is 21.1. The van der Waals surface area contributed by atoms with Gasteiger partial charge in [-0.1, -0.05) is 24.6 Å². The van der Waals surface area contributed by atoms with E-state index >= 15 is 0 Å². The Balaban J connectivity index is 2.41. The number of carbonyl (C=O) groups excluding carboxylic acids is 1. The van der Waals surface area contributed by atoms with Crippen molar-refractivity contribution in [2.75, 3.05) is 23.0 Å². The largest absolute Gasteiger partial charge is 0.495 e. The lowest BCUT2D eigenvalue weighted by Gasteiger charge is -2.30. The van der Waals surface area contributed by atoms with Crippen LogP contribution in [0.1, 0.15) is 24.5 Å². The Morgan fingerprint density at radius 2 is 1.86 bits per heavy atom. The Morgan fingerprint density at radius 1 is 1.18 bits per heavy atom. The minimum Gasteiger partial charge on any atom is -0.495 e. The summed E-state index contributed by atoms with van der Waals surface area (Å²) in [7, 11) is -2.27. The molecule has 0 fully saturated rings. The van der Waals surface area contributed by atoms with Gasteiger partial charge in [-0.2, -0.15) is 0 Å². The molecule has 8 heteroatoms. The van der Waals surface area contributed by atoms with Crippen molar-refractivity contribution < 1.29 is 17.9 Å². The topological polar surface area (TPSA) is 75.7 Å². The summed E-state index contributed by atoms with van der Waals surface area (Å²) in [5.74, 6) is 0.00890. The summed E-state index contributed by atoms with van der Waals surface area (Å²) in [5.41, 5.74) is 3.06. The third kappa shape index (κ3) is 4.97. The molecule has 0 aliphatic heterocycles. The number of methoxy groups -OCH3 is 1. The lowest BCUT2D eigenvalue weighted by Crippen LogP contribution is -2.47. The first kappa shape index (κ1) is 22.0. The van der Waals surface area contributed by atoms with Gasteiger partial charge in [-0.25, -0.2) is 8.42 Å². The normalized spacial score (nSPS) is 12.4. The molecular weight excluding hydrogens is 400 g/mol. The smallest absolute Gasteiger partial charge is 0.248 e. The van der Waals surface area contributed by atoms with Crippen molar-refractivity contribution in [2.45, 2.75) is 33.2 Å². The second-order valence-corrected chi connectivity index (χ2v) is 8.86. The standard InChI is InChI=1S/C20H25ClN2O4S/c1-6-18(20(24)22-15-8-7-13(2)14(3)11-15)23(28(5,25)26)16-9-10-19(27-4)17(21)12-16/h7-12,18H,6H2,1-5H3,(H,22,24)/t18-/m1/s1. The Morgan fingerprint density at radius 3 is 2.36 bits per heavy atom. The highest BCUT2D eigenvalue weighted by molar-refractivity contribution is 7.92. The summed E-state index contributed by atoms with van der Waals surface area (Å²) < 4.78 is 31.3. The first-order chi connectivity index (χ1) is 13.1. The van der Waals surface area contributed by atoms with E-state index in [1.54, 1.807) is 25.1 Å². The van der Waals surface area contributed by atoms with Crippen LogP contribution in [0.2, 0.25) is 5.02 Å². The van der Waals surface area contributed by atoms with Gasteiger partial charge in [0.15, 0.2) is 0 Å². The molecule has 0 spiro atoms. The van der Waals surface area contributed by atoms with Gasteiger partial charge in [-0.15, -0.1) is 0 Å². The summed E-state index contributed by atoms with van der Waals surface area (Å²) in [6.45, 7) is 5.69. The van der Waals surface area contributed by atoms with E-state index in [0.29, 0.717) is 17.1 Å². The average molecular weight is 425 g/mol. The quantitative estimate of drug-likeness (QED) is 0.724. The number of nitrogens with zero attached hydrogens (tertiary/aromatic N) is 1. The van der Waals surface area contributed by atoms with Crippen molar-refractivity contribution in [3.8, 4) is 5.75 Å². The molecular formula is C20H25ClN2O4S. The van der Waals surface area contributed by atoms with Gasteiger partial charge in [-0.3, -0.25) is 9.10 Å². The minimum absolute atomic E-state index is 0.262. The molecule has 0 bridgehead atoms. The van der Waals surface area contributed by atoms with Gasteiger partial charge in [0.2, 0.25) is 15.9 Å². The molecule has 1 N–H and O–H groups in total. The number of anilines is 2. The van der Waals surface area contributed by atoms with E-state index in [2.05, 4.69) is 5.32 Å². The van der Waals surface area contributed by atoms with Gasteiger partial charge >= 0.3 is 0 Å². The second kappa shape index (κ2) is 8.84. The first-order valence-electron chi connectivity index (χ1n) is 8.79. The Kier molecular flexibility index (Phi) is 6.96. The predicted octanol–water partition coefficient (Wildman–Crippen LogP) is 4.15. The van der Waals surface area contributed by atoms with Gasteiger partial charge in [0.25, 0.3) is 0 Å². The Bertz CT molecular complexity index is 976. The van der Waals surface area contributed by atoms with Crippen LogP contribution in [0.15, 0.2) is 36.4 Å².